The number of nitro benzene ring substituents is 1. The van der Waals surface area contributed by atoms with Crippen LogP contribution in [0.2, 0.25) is 5.02 Å². The first-order valence-corrected chi connectivity index (χ1v) is 9.11. The Kier molecular flexibility index (Phi) is 5.70. The standard InChI is InChI=1S/C18H15ClN4O2S/c1-2-11-22-17(14-5-7-15(19)8-6-14)20-21-18(22)26-12-13-3-9-16(10-4-13)23(24)25/h2-10H,1,11-12H2. The van der Waals surface area contributed by atoms with Crippen LogP contribution in [0.5, 0.6) is 0 Å². The van der Waals surface area contributed by atoms with Gasteiger partial charge in [0.05, 0.1) is 4.92 Å². The molecule has 0 bridgehead atoms. The van der Waals surface area contributed by atoms with Crippen molar-refractivity contribution in [3.05, 3.63) is 81.9 Å². The van der Waals surface area contributed by atoms with Gasteiger partial charge in [0.1, 0.15) is 0 Å². The first-order chi connectivity index (χ1) is 12.6. The van der Waals surface area contributed by atoms with E-state index in [1.807, 2.05) is 28.8 Å². The van der Waals surface area contributed by atoms with E-state index in [1.165, 1.54) is 23.9 Å². The number of thioether (sulfide) groups is 1. The lowest BCUT2D eigenvalue weighted by Gasteiger charge is -2.08. The molecule has 0 saturated heterocycles. The fourth-order valence-corrected chi connectivity index (χ4v) is 3.39. The summed E-state index contributed by atoms with van der Waals surface area (Å²) in [6.07, 6.45) is 1.79. The van der Waals surface area contributed by atoms with E-state index in [0.717, 1.165) is 22.1 Å². The van der Waals surface area contributed by atoms with Gasteiger partial charge in [0.2, 0.25) is 0 Å². The quantitative estimate of drug-likeness (QED) is 0.247. The highest BCUT2D eigenvalue weighted by molar-refractivity contribution is 7.98. The Hall–Kier alpha value is -2.64. The molecule has 0 aliphatic rings. The average Bonchev–Trinajstić information content (AvgIpc) is 3.04. The highest BCUT2D eigenvalue weighted by Gasteiger charge is 2.14. The van der Waals surface area contributed by atoms with Crippen molar-refractivity contribution >= 4 is 29.1 Å². The summed E-state index contributed by atoms with van der Waals surface area (Å²) < 4.78 is 1.98. The normalized spacial score (nSPS) is 10.7. The minimum atomic E-state index is -0.407. The molecule has 6 nitrogen and oxygen atoms in total. The zero-order chi connectivity index (χ0) is 18.5. The topological polar surface area (TPSA) is 73.8 Å². The van der Waals surface area contributed by atoms with Crippen molar-refractivity contribution in [1.82, 2.24) is 14.8 Å². The third kappa shape index (κ3) is 4.12. The third-order valence-electron chi connectivity index (χ3n) is 3.65. The number of hydrogen-bond acceptors (Lipinski definition) is 5. The van der Waals surface area contributed by atoms with Crippen molar-refractivity contribution in [2.24, 2.45) is 0 Å². The summed E-state index contributed by atoms with van der Waals surface area (Å²) in [4.78, 5) is 10.3. The molecule has 132 valence electrons. The second kappa shape index (κ2) is 8.16. The predicted octanol–water partition coefficient (Wildman–Crippen LogP) is 4.99. The smallest absolute Gasteiger partial charge is 0.269 e. The van der Waals surface area contributed by atoms with E-state index in [2.05, 4.69) is 16.8 Å². The Morgan fingerprint density at radius 3 is 2.46 bits per heavy atom. The van der Waals surface area contributed by atoms with E-state index >= 15 is 0 Å². The van der Waals surface area contributed by atoms with Crippen LogP contribution in [0, 0.1) is 10.1 Å². The molecule has 26 heavy (non-hydrogen) atoms. The number of allylic oxidation sites excluding steroid dienone is 1. The van der Waals surface area contributed by atoms with Crippen LogP contribution >= 0.6 is 23.4 Å². The Morgan fingerprint density at radius 2 is 1.85 bits per heavy atom. The van der Waals surface area contributed by atoms with Crippen LogP contribution in [0.3, 0.4) is 0 Å². The molecule has 0 atom stereocenters. The number of rotatable bonds is 7. The summed E-state index contributed by atoms with van der Waals surface area (Å²) in [6.45, 7) is 4.38. The van der Waals surface area contributed by atoms with Crippen molar-refractivity contribution in [2.45, 2.75) is 17.5 Å². The summed E-state index contributed by atoms with van der Waals surface area (Å²) in [6, 6.07) is 13.9. The predicted molar refractivity (Wildman–Crippen MR) is 103 cm³/mol. The molecule has 1 heterocycles. The van der Waals surface area contributed by atoms with E-state index < -0.39 is 4.92 Å². The Morgan fingerprint density at radius 1 is 1.15 bits per heavy atom. The molecule has 3 aromatic rings. The van der Waals surface area contributed by atoms with Gasteiger partial charge in [-0.25, -0.2) is 0 Å². The highest BCUT2D eigenvalue weighted by Crippen LogP contribution is 2.27. The Labute approximate surface area is 159 Å². The van der Waals surface area contributed by atoms with Crippen molar-refractivity contribution in [3.63, 3.8) is 0 Å². The van der Waals surface area contributed by atoms with Gasteiger partial charge in [0, 0.05) is 35.0 Å². The van der Waals surface area contributed by atoms with Crippen LogP contribution in [-0.4, -0.2) is 19.7 Å². The molecule has 0 unspecified atom stereocenters. The molecule has 0 spiro atoms. The minimum Gasteiger partial charge on any atom is -0.298 e. The van der Waals surface area contributed by atoms with Crippen LogP contribution in [0.25, 0.3) is 11.4 Å². The van der Waals surface area contributed by atoms with Crippen molar-refractivity contribution < 1.29 is 4.92 Å². The van der Waals surface area contributed by atoms with Crippen LogP contribution in [0.4, 0.5) is 5.69 Å². The zero-order valence-electron chi connectivity index (χ0n) is 13.7. The molecular weight excluding hydrogens is 372 g/mol. The van der Waals surface area contributed by atoms with Gasteiger partial charge in [0.15, 0.2) is 11.0 Å². The second-order valence-corrected chi connectivity index (χ2v) is 6.80. The molecule has 0 amide bonds. The van der Waals surface area contributed by atoms with Gasteiger partial charge >= 0.3 is 0 Å². The first kappa shape index (κ1) is 18.2. The average molecular weight is 387 g/mol. The molecule has 0 fully saturated rings. The minimum absolute atomic E-state index is 0.0820. The number of nitrogens with zero attached hydrogens (tertiary/aromatic N) is 4. The lowest BCUT2D eigenvalue weighted by atomic mass is 10.2. The summed E-state index contributed by atoms with van der Waals surface area (Å²) in [5.74, 6) is 1.38. The molecule has 8 heteroatoms. The van der Waals surface area contributed by atoms with Crippen molar-refractivity contribution in [1.29, 1.82) is 0 Å². The summed E-state index contributed by atoms with van der Waals surface area (Å²) in [5.41, 5.74) is 1.98. The number of halogens is 1. The maximum absolute atomic E-state index is 10.7. The van der Waals surface area contributed by atoms with Gasteiger partial charge in [-0.05, 0) is 29.8 Å². The summed E-state index contributed by atoms with van der Waals surface area (Å²) in [5, 5.41) is 20.7. The van der Waals surface area contributed by atoms with E-state index in [1.54, 1.807) is 18.2 Å². The van der Waals surface area contributed by atoms with Crippen molar-refractivity contribution in [3.8, 4) is 11.4 Å². The number of non-ortho nitro benzene ring substituents is 1. The molecule has 0 radical (unpaired) electrons. The van der Waals surface area contributed by atoms with Gasteiger partial charge in [-0.2, -0.15) is 0 Å². The number of nitro groups is 1. The fourth-order valence-electron chi connectivity index (χ4n) is 2.36. The van der Waals surface area contributed by atoms with Crippen LogP contribution in [-0.2, 0) is 12.3 Å². The number of benzene rings is 2. The van der Waals surface area contributed by atoms with Gasteiger partial charge in [0.25, 0.3) is 5.69 Å². The van der Waals surface area contributed by atoms with E-state index in [9.17, 15) is 10.1 Å². The highest BCUT2D eigenvalue weighted by atomic mass is 35.5. The lowest BCUT2D eigenvalue weighted by molar-refractivity contribution is -0.384. The van der Waals surface area contributed by atoms with Crippen LogP contribution in [0.1, 0.15) is 5.56 Å². The molecule has 0 N–H and O–H groups in total. The van der Waals surface area contributed by atoms with E-state index in [-0.39, 0.29) is 5.69 Å². The van der Waals surface area contributed by atoms with Gasteiger partial charge in [-0.1, -0.05) is 41.6 Å². The third-order valence-corrected chi connectivity index (χ3v) is 4.94. The van der Waals surface area contributed by atoms with Gasteiger partial charge in [-0.15, -0.1) is 16.8 Å². The number of hydrogen-bond donors (Lipinski definition) is 0. The molecule has 1 aromatic heterocycles. The maximum Gasteiger partial charge on any atom is 0.269 e. The Bertz CT molecular complexity index is 923. The largest absolute Gasteiger partial charge is 0.298 e. The first-order valence-electron chi connectivity index (χ1n) is 7.74. The van der Waals surface area contributed by atoms with Crippen LogP contribution in [0.15, 0.2) is 66.3 Å². The van der Waals surface area contributed by atoms with Crippen molar-refractivity contribution in [2.75, 3.05) is 0 Å². The maximum atomic E-state index is 10.7. The fraction of sp³-hybridized carbons (Fsp3) is 0.111. The summed E-state index contributed by atoms with van der Waals surface area (Å²) >= 11 is 7.47. The number of aromatic nitrogens is 3. The monoisotopic (exact) mass is 386 g/mol. The molecule has 0 aliphatic heterocycles. The zero-order valence-corrected chi connectivity index (χ0v) is 15.3. The second-order valence-electron chi connectivity index (χ2n) is 5.42. The molecule has 0 aliphatic carbocycles. The van der Waals surface area contributed by atoms with E-state index in [0.29, 0.717) is 17.3 Å². The SMILES string of the molecule is C=CCn1c(SCc2ccc([N+](=O)[O-])cc2)nnc1-c1ccc(Cl)cc1. The molecule has 2 aromatic carbocycles. The molecule has 0 saturated carbocycles. The summed E-state index contributed by atoms with van der Waals surface area (Å²) in [7, 11) is 0. The van der Waals surface area contributed by atoms with Gasteiger partial charge < -0.3 is 0 Å². The van der Waals surface area contributed by atoms with E-state index in [4.69, 9.17) is 11.6 Å². The Balaban J connectivity index is 1.80. The molecular formula is C18H15ClN4O2S. The molecule has 3 rings (SSSR count). The van der Waals surface area contributed by atoms with Crippen LogP contribution < -0.4 is 0 Å². The van der Waals surface area contributed by atoms with Gasteiger partial charge in [-0.3, -0.25) is 14.7 Å². The lowest BCUT2D eigenvalue weighted by Crippen LogP contribution is -2.00.